The summed E-state index contributed by atoms with van der Waals surface area (Å²) in [5, 5.41) is 9.92. The molecule has 0 bridgehead atoms. The summed E-state index contributed by atoms with van der Waals surface area (Å²) in [4.78, 5) is 15.9. The molecule has 1 amide bonds. The van der Waals surface area contributed by atoms with Gasteiger partial charge in [0.15, 0.2) is 5.96 Å². The van der Waals surface area contributed by atoms with Crippen molar-refractivity contribution in [3.8, 4) is 0 Å². The van der Waals surface area contributed by atoms with E-state index in [1.165, 1.54) is 0 Å². The van der Waals surface area contributed by atoms with Gasteiger partial charge in [-0.1, -0.05) is 25.4 Å². The Balaban J connectivity index is 0.00000484. The van der Waals surface area contributed by atoms with Crippen molar-refractivity contribution < 1.29 is 4.79 Å². The Labute approximate surface area is 160 Å². The number of carbonyl (C=O) groups is 1. The third-order valence-electron chi connectivity index (χ3n) is 2.90. The van der Waals surface area contributed by atoms with Crippen LogP contribution in [0, 0.1) is 5.92 Å². The lowest BCUT2D eigenvalue weighted by Gasteiger charge is -2.13. The van der Waals surface area contributed by atoms with Crippen LogP contribution < -0.4 is 16.0 Å². The van der Waals surface area contributed by atoms with E-state index in [0.29, 0.717) is 23.9 Å². The average Bonchev–Trinajstić information content (AvgIpc) is 2.48. The van der Waals surface area contributed by atoms with Gasteiger partial charge < -0.3 is 16.0 Å². The Kier molecular flexibility index (Phi) is 11.9. The van der Waals surface area contributed by atoms with Crippen molar-refractivity contribution in [1.82, 2.24) is 10.6 Å². The molecule has 5 nitrogen and oxygen atoms in total. The minimum atomic E-state index is -0.00532. The first-order valence-corrected chi connectivity index (χ1v) is 7.89. The number of nitrogens with zero attached hydrogens (tertiary/aromatic N) is 1. The lowest BCUT2D eigenvalue weighted by molar-refractivity contribution is -0.116. The summed E-state index contributed by atoms with van der Waals surface area (Å²) in [5.41, 5.74) is 0.761. The quantitative estimate of drug-likeness (QED) is 0.257. The molecule has 0 unspecified atom stereocenters. The molecule has 0 spiro atoms. The molecule has 0 heterocycles. The van der Waals surface area contributed by atoms with Crippen LogP contribution in [0.25, 0.3) is 0 Å². The van der Waals surface area contributed by atoms with Crippen LogP contribution in [0.3, 0.4) is 0 Å². The van der Waals surface area contributed by atoms with E-state index in [1.54, 1.807) is 31.3 Å². The molecule has 3 N–H and O–H groups in total. The van der Waals surface area contributed by atoms with Crippen LogP contribution in [0.15, 0.2) is 29.3 Å². The van der Waals surface area contributed by atoms with Crippen LogP contribution in [-0.2, 0) is 4.79 Å². The van der Waals surface area contributed by atoms with E-state index in [-0.39, 0.29) is 29.9 Å². The fourth-order valence-corrected chi connectivity index (χ4v) is 1.86. The summed E-state index contributed by atoms with van der Waals surface area (Å²) in [6.07, 6.45) is 1.19. The molecule has 0 aliphatic carbocycles. The predicted molar refractivity (Wildman–Crippen MR) is 109 cm³/mol. The molecule has 1 aromatic rings. The first-order chi connectivity index (χ1) is 10.5. The van der Waals surface area contributed by atoms with Gasteiger partial charge in [0.2, 0.25) is 5.91 Å². The molecule has 23 heavy (non-hydrogen) atoms. The van der Waals surface area contributed by atoms with Crippen molar-refractivity contribution in [2.45, 2.75) is 26.7 Å². The molecule has 0 aliphatic rings. The lowest BCUT2D eigenvalue weighted by Crippen LogP contribution is -2.39. The van der Waals surface area contributed by atoms with E-state index in [9.17, 15) is 4.79 Å². The minimum absolute atomic E-state index is 0. The van der Waals surface area contributed by atoms with Gasteiger partial charge in [-0.25, -0.2) is 0 Å². The Morgan fingerprint density at radius 1 is 1.22 bits per heavy atom. The number of hydrogen-bond acceptors (Lipinski definition) is 2. The fraction of sp³-hybridized carbons (Fsp3) is 0.500. The normalized spacial score (nSPS) is 10.9. The van der Waals surface area contributed by atoms with Crippen LogP contribution in [0.5, 0.6) is 0 Å². The highest BCUT2D eigenvalue weighted by Crippen LogP contribution is 2.13. The minimum Gasteiger partial charge on any atom is -0.356 e. The standard InChI is InChI=1S/C16H25ClN4O.HI/c1-12(2)11-20-16(18-3)19-10-4-5-15(22)21-14-8-6-13(17)7-9-14;/h6-9,12H,4-5,10-11H2,1-3H3,(H,21,22)(H2,18,19,20);1H. The van der Waals surface area contributed by atoms with Crippen molar-refractivity contribution in [1.29, 1.82) is 0 Å². The Morgan fingerprint density at radius 3 is 2.43 bits per heavy atom. The van der Waals surface area contributed by atoms with Crippen LogP contribution in [0.2, 0.25) is 5.02 Å². The van der Waals surface area contributed by atoms with Crippen molar-refractivity contribution in [2.24, 2.45) is 10.9 Å². The van der Waals surface area contributed by atoms with Crippen molar-refractivity contribution >= 4 is 53.1 Å². The second-order valence-corrected chi connectivity index (χ2v) is 5.87. The maximum absolute atomic E-state index is 11.8. The highest BCUT2D eigenvalue weighted by molar-refractivity contribution is 14.0. The zero-order valence-electron chi connectivity index (χ0n) is 13.9. The van der Waals surface area contributed by atoms with E-state index in [1.807, 2.05) is 0 Å². The van der Waals surface area contributed by atoms with Crippen LogP contribution in [-0.4, -0.2) is 32.0 Å². The zero-order valence-corrected chi connectivity index (χ0v) is 16.9. The lowest BCUT2D eigenvalue weighted by atomic mass is 10.2. The second-order valence-electron chi connectivity index (χ2n) is 5.43. The number of carbonyl (C=O) groups excluding carboxylic acids is 1. The Morgan fingerprint density at radius 2 is 1.87 bits per heavy atom. The van der Waals surface area contributed by atoms with Crippen molar-refractivity contribution in [3.63, 3.8) is 0 Å². The topological polar surface area (TPSA) is 65.5 Å². The summed E-state index contributed by atoms with van der Waals surface area (Å²) in [6.45, 7) is 5.85. The van der Waals surface area contributed by atoms with Crippen LogP contribution in [0.1, 0.15) is 26.7 Å². The molecule has 0 saturated carbocycles. The third-order valence-corrected chi connectivity index (χ3v) is 3.15. The molecular weight excluding hydrogens is 427 g/mol. The van der Waals surface area contributed by atoms with Gasteiger partial charge in [0.25, 0.3) is 0 Å². The molecule has 0 fully saturated rings. The first-order valence-electron chi connectivity index (χ1n) is 7.51. The number of benzene rings is 1. The molecule has 7 heteroatoms. The molecule has 1 aromatic carbocycles. The van der Waals surface area contributed by atoms with E-state index >= 15 is 0 Å². The summed E-state index contributed by atoms with van der Waals surface area (Å²) >= 11 is 5.80. The second kappa shape index (κ2) is 12.4. The highest BCUT2D eigenvalue weighted by atomic mass is 127. The van der Waals surface area contributed by atoms with Gasteiger partial charge in [-0.3, -0.25) is 9.79 Å². The maximum atomic E-state index is 11.8. The number of anilines is 1. The summed E-state index contributed by atoms with van der Waals surface area (Å²) < 4.78 is 0. The van der Waals surface area contributed by atoms with E-state index in [4.69, 9.17) is 11.6 Å². The predicted octanol–water partition coefficient (Wildman–Crippen LogP) is 3.50. The van der Waals surface area contributed by atoms with Crippen molar-refractivity contribution in [3.05, 3.63) is 29.3 Å². The highest BCUT2D eigenvalue weighted by Gasteiger charge is 2.03. The fourth-order valence-electron chi connectivity index (χ4n) is 1.73. The number of nitrogens with one attached hydrogen (secondary N) is 3. The summed E-state index contributed by atoms with van der Waals surface area (Å²) in [5.74, 6) is 1.32. The molecule has 0 atom stereocenters. The summed E-state index contributed by atoms with van der Waals surface area (Å²) in [6, 6.07) is 7.08. The average molecular weight is 453 g/mol. The number of halogens is 2. The first kappa shape index (κ1) is 22.0. The van der Waals surface area contributed by atoms with E-state index < -0.39 is 0 Å². The number of guanidine groups is 1. The zero-order chi connectivity index (χ0) is 16.4. The van der Waals surface area contributed by atoms with Gasteiger partial charge in [-0.15, -0.1) is 24.0 Å². The Bertz CT molecular complexity index is 491. The molecule has 0 aliphatic heterocycles. The van der Waals surface area contributed by atoms with Gasteiger partial charge in [-0.05, 0) is 36.6 Å². The molecule has 0 aromatic heterocycles. The van der Waals surface area contributed by atoms with Gasteiger partial charge in [0.1, 0.15) is 0 Å². The number of amides is 1. The van der Waals surface area contributed by atoms with Crippen LogP contribution in [0.4, 0.5) is 5.69 Å². The van der Waals surface area contributed by atoms with Crippen molar-refractivity contribution in [2.75, 3.05) is 25.5 Å². The van der Waals surface area contributed by atoms with Gasteiger partial charge in [0, 0.05) is 37.3 Å². The SMILES string of the molecule is CN=C(NCCCC(=O)Nc1ccc(Cl)cc1)NCC(C)C.I. The van der Waals surface area contributed by atoms with Gasteiger partial charge >= 0.3 is 0 Å². The van der Waals surface area contributed by atoms with E-state index in [2.05, 4.69) is 34.8 Å². The number of rotatable bonds is 7. The number of aliphatic imine (C=N–C) groups is 1. The molecule has 130 valence electrons. The maximum Gasteiger partial charge on any atom is 0.224 e. The summed E-state index contributed by atoms with van der Waals surface area (Å²) in [7, 11) is 1.74. The number of hydrogen-bond donors (Lipinski definition) is 3. The Hall–Kier alpha value is -1.02. The molecule has 0 radical (unpaired) electrons. The smallest absolute Gasteiger partial charge is 0.224 e. The largest absolute Gasteiger partial charge is 0.356 e. The molecule has 1 rings (SSSR count). The van der Waals surface area contributed by atoms with Crippen LogP contribution >= 0.6 is 35.6 Å². The third kappa shape index (κ3) is 10.4. The van der Waals surface area contributed by atoms with Gasteiger partial charge in [0.05, 0.1) is 0 Å². The van der Waals surface area contributed by atoms with Gasteiger partial charge in [-0.2, -0.15) is 0 Å². The molecular formula is C16H26ClIN4O. The molecule has 0 saturated heterocycles. The monoisotopic (exact) mass is 452 g/mol. The van der Waals surface area contributed by atoms with E-state index in [0.717, 1.165) is 24.6 Å².